The van der Waals surface area contributed by atoms with E-state index in [1.165, 1.54) is 45.0 Å². The quantitative estimate of drug-likeness (QED) is 0.267. The number of carbonyl (C=O) groups excluding carboxylic acids is 1. The number of esters is 1. The number of nitrogens with zero attached hydrogens (tertiary/aromatic N) is 3. The summed E-state index contributed by atoms with van der Waals surface area (Å²) in [7, 11) is 1.40. The van der Waals surface area contributed by atoms with Gasteiger partial charge in [-0.3, -0.25) is 0 Å². The molecule has 4 aromatic rings. The Morgan fingerprint density at radius 2 is 1.91 bits per heavy atom. The summed E-state index contributed by atoms with van der Waals surface area (Å²) in [5, 5.41) is 5.56. The Morgan fingerprint density at radius 3 is 2.69 bits per heavy atom. The summed E-state index contributed by atoms with van der Waals surface area (Å²) in [6, 6.07) is 15.9. The number of carbonyl (C=O) groups is 1. The highest BCUT2D eigenvalue weighted by Crippen LogP contribution is 2.33. The van der Waals surface area contributed by atoms with Gasteiger partial charge in [0.25, 0.3) is 0 Å². The SMILES string of the molecule is COC(=O)c1ccc2c(c1)[nH]c1nc(C(C)c3ccccc3)nc(NCCCN3CCCCC3)c12. The van der Waals surface area contributed by atoms with Crippen LogP contribution in [-0.2, 0) is 4.74 Å². The van der Waals surface area contributed by atoms with Crippen LogP contribution >= 0.6 is 0 Å². The first kappa shape index (κ1) is 23.3. The molecule has 7 heteroatoms. The maximum atomic E-state index is 12.1. The van der Waals surface area contributed by atoms with Gasteiger partial charge in [-0.05, 0) is 56.6 Å². The monoisotopic (exact) mass is 471 g/mol. The molecule has 2 aromatic heterocycles. The lowest BCUT2D eigenvalue weighted by molar-refractivity contribution is 0.0601. The maximum absolute atomic E-state index is 12.1. The average molecular weight is 472 g/mol. The van der Waals surface area contributed by atoms with E-state index in [0.29, 0.717) is 5.56 Å². The van der Waals surface area contributed by atoms with Crippen molar-refractivity contribution in [1.29, 1.82) is 0 Å². The number of hydrogen-bond donors (Lipinski definition) is 2. The van der Waals surface area contributed by atoms with Gasteiger partial charge in [-0.25, -0.2) is 14.8 Å². The van der Waals surface area contributed by atoms with E-state index in [2.05, 4.69) is 34.3 Å². The van der Waals surface area contributed by atoms with Crippen molar-refractivity contribution in [3.8, 4) is 0 Å². The maximum Gasteiger partial charge on any atom is 0.337 e. The van der Waals surface area contributed by atoms with Gasteiger partial charge in [0, 0.05) is 23.4 Å². The van der Waals surface area contributed by atoms with E-state index in [9.17, 15) is 4.79 Å². The Labute approximate surface area is 205 Å². The van der Waals surface area contributed by atoms with Crippen LogP contribution in [0.1, 0.15) is 60.3 Å². The molecule has 0 amide bonds. The molecular formula is C28H33N5O2. The molecule has 1 atom stereocenters. The number of rotatable bonds is 8. The molecule has 3 heterocycles. The third-order valence-electron chi connectivity index (χ3n) is 6.97. The molecule has 182 valence electrons. The van der Waals surface area contributed by atoms with E-state index in [4.69, 9.17) is 14.7 Å². The van der Waals surface area contributed by atoms with Crippen molar-refractivity contribution in [2.24, 2.45) is 0 Å². The van der Waals surface area contributed by atoms with Gasteiger partial charge >= 0.3 is 5.97 Å². The highest BCUT2D eigenvalue weighted by atomic mass is 16.5. The summed E-state index contributed by atoms with van der Waals surface area (Å²) >= 11 is 0. The molecule has 0 saturated carbocycles. The van der Waals surface area contributed by atoms with E-state index in [1.54, 1.807) is 6.07 Å². The van der Waals surface area contributed by atoms with E-state index in [-0.39, 0.29) is 11.9 Å². The minimum atomic E-state index is -0.355. The van der Waals surface area contributed by atoms with Gasteiger partial charge in [0.1, 0.15) is 17.3 Å². The minimum Gasteiger partial charge on any atom is -0.465 e. The minimum absolute atomic E-state index is 0.0477. The van der Waals surface area contributed by atoms with E-state index in [1.807, 2.05) is 30.3 Å². The van der Waals surface area contributed by atoms with Crippen LogP contribution in [0.2, 0.25) is 0 Å². The number of anilines is 1. The van der Waals surface area contributed by atoms with Gasteiger partial charge in [0.2, 0.25) is 0 Å². The fraction of sp³-hybridized carbons (Fsp3) is 0.393. The number of piperidine rings is 1. The fourth-order valence-electron chi connectivity index (χ4n) is 4.97. The Balaban J connectivity index is 1.48. The van der Waals surface area contributed by atoms with Crippen molar-refractivity contribution in [1.82, 2.24) is 19.9 Å². The zero-order chi connectivity index (χ0) is 24.2. The predicted octanol–water partition coefficient (Wildman–Crippen LogP) is 5.34. The van der Waals surface area contributed by atoms with Crippen molar-refractivity contribution in [2.75, 3.05) is 38.6 Å². The summed E-state index contributed by atoms with van der Waals surface area (Å²) in [5.74, 6) is 1.29. The largest absolute Gasteiger partial charge is 0.465 e. The first-order valence-corrected chi connectivity index (χ1v) is 12.6. The molecule has 35 heavy (non-hydrogen) atoms. The molecule has 1 aliphatic heterocycles. The lowest BCUT2D eigenvalue weighted by Gasteiger charge is -2.26. The number of aromatic nitrogens is 3. The summed E-state index contributed by atoms with van der Waals surface area (Å²) in [6.07, 6.45) is 5.03. The van der Waals surface area contributed by atoms with Crippen LogP contribution in [0, 0.1) is 0 Å². The second kappa shape index (κ2) is 10.4. The van der Waals surface area contributed by atoms with E-state index in [0.717, 1.165) is 53.1 Å². The zero-order valence-electron chi connectivity index (χ0n) is 20.5. The smallest absolute Gasteiger partial charge is 0.337 e. The first-order valence-electron chi connectivity index (χ1n) is 12.6. The molecule has 2 aromatic carbocycles. The molecule has 1 aliphatic rings. The second-order valence-electron chi connectivity index (χ2n) is 9.35. The summed E-state index contributed by atoms with van der Waals surface area (Å²) in [4.78, 5) is 28.0. The second-order valence-corrected chi connectivity index (χ2v) is 9.35. The van der Waals surface area contributed by atoms with Crippen molar-refractivity contribution < 1.29 is 9.53 Å². The van der Waals surface area contributed by atoms with Crippen LogP contribution in [0.5, 0.6) is 0 Å². The third-order valence-corrected chi connectivity index (χ3v) is 6.97. The van der Waals surface area contributed by atoms with E-state index < -0.39 is 0 Å². The molecule has 1 fully saturated rings. The Hall–Kier alpha value is -3.45. The lowest BCUT2D eigenvalue weighted by Crippen LogP contribution is -2.31. The molecule has 1 saturated heterocycles. The standard InChI is InChI=1S/C28H33N5O2/c1-19(20-10-5-3-6-11-20)25-31-26(29-14-9-17-33-15-7-4-8-16-33)24-22-13-12-21(28(34)35-2)18-23(22)30-27(24)32-25/h3,5-6,10-13,18-19H,4,7-9,14-17H2,1-2H3,(H2,29,30,31,32). The summed E-state index contributed by atoms with van der Waals surface area (Å²) in [6.45, 7) is 6.50. The molecule has 0 radical (unpaired) electrons. The highest BCUT2D eigenvalue weighted by Gasteiger charge is 2.19. The molecule has 1 unspecified atom stereocenters. The highest BCUT2D eigenvalue weighted by molar-refractivity contribution is 6.12. The molecule has 5 rings (SSSR count). The molecule has 0 aliphatic carbocycles. The van der Waals surface area contributed by atoms with Crippen LogP contribution in [0.25, 0.3) is 21.9 Å². The van der Waals surface area contributed by atoms with Crippen molar-refractivity contribution in [3.63, 3.8) is 0 Å². The van der Waals surface area contributed by atoms with Gasteiger partial charge in [-0.1, -0.05) is 49.7 Å². The van der Waals surface area contributed by atoms with Crippen molar-refractivity contribution >= 4 is 33.7 Å². The zero-order valence-corrected chi connectivity index (χ0v) is 20.5. The first-order chi connectivity index (χ1) is 17.1. The number of nitrogens with one attached hydrogen (secondary N) is 2. The van der Waals surface area contributed by atoms with Gasteiger partial charge in [0.05, 0.1) is 18.1 Å². The van der Waals surface area contributed by atoms with Crippen LogP contribution in [0.4, 0.5) is 5.82 Å². The Morgan fingerprint density at radius 1 is 1.11 bits per heavy atom. The molecule has 2 N–H and O–H groups in total. The van der Waals surface area contributed by atoms with Gasteiger partial charge in [-0.2, -0.15) is 0 Å². The van der Waals surface area contributed by atoms with E-state index >= 15 is 0 Å². The summed E-state index contributed by atoms with van der Waals surface area (Å²) in [5.41, 5.74) is 3.30. The Kier molecular flexibility index (Phi) is 6.95. The number of methoxy groups -OCH3 is 1. The third kappa shape index (κ3) is 5.00. The van der Waals surface area contributed by atoms with Gasteiger partial charge < -0.3 is 19.9 Å². The molecular weight excluding hydrogens is 438 g/mol. The molecule has 0 bridgehead atoms. The number of fused-ring (bicyclic) bond motifs is 3. The number of benzene rings is 2. The number of hydrogen-bond acceptors (Lipinski definition) is 6. The molecule has 7 nitrogen and oxygen atoms in total. The lowest BCUT2D eigenvalue weighted by atomic mass is 10.0. The number of aromatic amines is 1. The predicted molar refractivity (Wildman–Crippen MR) is 140 cm³/mol. The average Bonchev–Trinajstić information content (AvgIpc) is 3.29. The number of ether oxygens (including phenoxy) is 1. The number of H-pyrrole nitrogens is 1. The van der Waals surface area contributed by atoms with Gasteiger partial charge in [-0.15, -0.1) is 0 Å². The van der Waals surface area contributed by atoms with Crippen LogP contribution < -0.4 is 5.32 Å². The number of likely N-dealkylation sites (tertiary alicyclic amines) is 1. The van der Waals surface area contributed by atoms with Crippen molar-refractivity contribution in [3.05, 3.63) is 65.5 Å². The topological polar surface area (TPSA) is 83.1 Å². The van der Waals surface area contributed by atoms with Crippen LogP contribution in [0.15, 0.2) is 48.5 Å². The normalized spacial score (nSPS) is 15.4. The fourth-order valence-corrected chi connectivity index (χ4v) is 4.97. The van der Waals surface area contributed by atoms with Crippen LogP contribution in [-0.4, -0.2) is 59.1 Å². The van der Waals surface area contributed by atoms with Crippen LogP contribution in [0.3, 0.4) is 0 Å². The van der Waals surface area contributed by atoms with Crippen molar-refractivity contribution in [2.45, 2.75) is 38.5 Å². The summed E-state index contributed by atoms with van der Waals surface area (Å²) < 4.78 is 4.90. The Bertz CT molecular complexity index is 1310. The molecule has 0 spiro atoms. The van der Waals surface area contributed by atoms with Gasteiger partial charge in [0.15, 0.2) is 0 Å².